The number of ether oxygens (including phenoxy) is 3. The monoisotopic (exact) mass is 372 g/mol. The summed E-state index contributed by atoms with van der Waals surface area (Å²) in [7, 11) is 4.94. The third-order valence-corrected chi connectivity index (χ3v) is 5.02. The number of fused-ring (bicyclic) bond motifs is 1. The van der Waals surface area contributed by atoms with E-state index in [1.54, 1.807) is 25.3 Å². The zero-order chi connectivity index (χ0) is 18.7. The minimum Gasteiger partial charge on any atom is -0.497 e. The Morgan fingerprint density at radius 3 is 2.65 bits per heavy atom. The topological polar surface area (TPSA) is 62.1 Å². The van der Waals surface area contributed by atoms with Crippen molar-refractivity contribution in [2.75, 3.05) is 20.8 Å². The number of thiazole rings is 1. The molecule has 3 aromatic rings. The van der Waals surface area contributed by atoms with Crippen molar-refractivity contribution in [3.63, 3.8) is 0 Å². The number of para-hydroxylation sites is 1. The molecule has 0 saturated carbocycles. The highest BCUT2D eigenvalue weighted by atomic mass is 32.1. The van der Waals surface area contributed by atoms with E-state index in [1.165, 1.54) is 18.4 Å². The van der Waals surface area contributed by atoms with E-state index in [-0.39, 0.29) is 5.91 Å². The molecular formula is C19H20N2O4S. The Balaban J connectivity index is 2.12. The van der Waals surface area contributed by atoms with Gasteiger partial charge in [0.2, 0.25) is 0 Å². The Morgan fingerprint density at radius 1 is 1.15 bits per heavy atom. The molecule has 3 rings (SSSR count). The predicted molar refractivity (Wildman–Crippen MR) is 101 cm³/mol. The molecule has 0 spiro atoms. The molecule has 7 heteroatoms. The van der Waals surface area contributed by atoms with Crippen molar-refractivity contribution in [3.8, 4) is 17.2 Å². The number of rotatable bonds is 5. The highest BCUT2D eigenvalue weighted by molar-refractivity contribution is 7.16. The molecule has 1 heterocycles. The Morgan fingerprint density at radius 2 is 1.96 bits per heavy atom. The summed E-state index contributed by atoms with van der Waals surface area (Å²) in [5.41, 5.74) is 1.28. The first-order valence-corrected chi connectivity index (χ1v) is 8.93. The molecule has 6 nitrogen and oxygen atoms in total. The molecule has 0 radical (unpaired) electrons. The van der Waals surface area contributed by atoms with Gasteiger partial charge in [0.1, 0.15) is 22.8 Å². The molecule has 2 aromatic carbocycles. The number of hydrogen-bond acceptors (Lipinski definition) is 5. The van der Waals surface area contributed by atoms with Gasteiger partial charge in [-0.25, -0.2) is 0 Å². The smallest absolute Gasteiger partial charge is 0.283 e. The molecule has 1 aromatic heterocycles. The molecule has 0 bridgehead atoms. The summed E-state index contributed by atoms with van der Waals surface area (Å²) in [6.07, 6.45) is 0. The van der Waals surface area contributed by atoms with Gasteiger partial charge in [-0.1, -0.05) is 17.4 Å². The molecule has 0 fully saturated rings. The minimum atomic E-state index is -0.388. The quantitative estimate of drug-likeness (QED) is 0.689. The SMILES string of the molecule is CCOc1cccc2sc(=NC(=O)c3cc(OC)ccc3OC)n(C)c12. The van der Waals surface area contributed by atoms with Crippen molar-refractivity contribution in [2.24, 2.45) is 12.0 Å². The molecule has 136 valence electrons. The average molecular weight is 372 g/mol. The molecule has 0 unspecified atom stereocenters. The van der Waals surface area contributed by atoms with Crippen LogP contribution in [0.2, 0.25) is 0 Å². The Kier molecular flexibility index (Phi) is 5.27. The number of methoxy groups -OCH3 is 2. The lowest BCUT2D eigenvalue weighted by Crippen LogP contribution is -2.14. The van der Waals surface area contributed by atoms with Gasteiger partial charge in [0, 0.05) is 7.05 Å². The van der Waals surface area contributed by atoms with Crippen LogP contribution in [0.15, 0.2) is 41.4 Å². The van der Waals surface area contributed by atoms with Gasteiger partial charge in [-0.3, -0.25) is 4.79 Å². The Bertz CT molecular complexity index is 1020. The molecule has 0 N–H and O–H groups in total. The van der Waals surface area contributed by atoms with Crippen LogP contribution in [-0.4, -0.2) is 31.3 Å². The van der Waals surface area contributed by atoms with Gasteiger partial charge in [0.25, 0.3) is 5.91 Å². The number of benzene rings is 2. The molecule has 0 atom stereocenters. The molecule has 0 saturated heterocycles. The second kappa shape index (κ2) is 7.61. The highest BCUT2D eigenvalue weighted by Crippen LogP contribution is 2.27. The number of carbonyl (C=O) groups is 1. The zero-order valence-corrected chi connectivity index (χ0v) is 15.9. The largest absolute Gasteiger partial charge is 0.497 e. The lowest BCUT2D eigenvalue weighted by Gasteiger charge is -2.07. The Hall–Kier alpha value is -2.80. The predicted octanol–water partition coefficient (Wildman–Crippen LogP) is 3.40. The summed E-state index contributed by atoms with van der Waals surface area (Å²) in [5.74, 6) is 1.42. The standard InChI is InChI=1S/C19H20N2O4S/c1-5-25-15-7-6-8-16-17(15)21(2)19(26-16)20-18(22)13-11-12(23-3)9-10-14(13)24-4/h6-11H,5H2,1-4H3. The van der Waals surface area contributed by atoms with Gasteiger partial charge in [0.05, 0.1) is 31.1 Å². The van der Waals surface area contributed by atoms with Crippen LogP contribution in [0.3, 0.4) is 0 Å². The van der Waals surface area contributed by atoms with Crippen LogP contribution in [0, 0.1) is 0 Å². The van der Waals surface area contributed by atoms with Crippen LogP contribution in [0.1, 0.15) is 17.3 Å². The summed E-state index contributed by atoms with van der Waals surface area (Å²) in [6.45, 7) is 2.51. The van der Waals surface area contributed by atoms with E-state index in [4.69, 9.17) is 14.2 Å². The molecule has 1 amide bonds. The Labute approximate surface area is 155 Å². The van der Waals surface area contributed by atoms with Gasteiger partial charge < -0.3 is 18.8 Å². The number of aryl methyl sites for hydroxylation is 1. The average Bonchev–Trinajstić information content (AvgIpc) is 2.98. The summed E-state index contributed by atoms with van der Waals surface area (Å²) in [5, 5.41) is 0. The van der Waals surface area contributed by atoms with E-state index in [0.717, 1.165) is 16.0 Å². The van der Waals surface area contributed by atoms with E-state index < -0.39 is 0 Å². The fraction of sp³-hybridized carbons (Fsp3) is 0.263. The van der Waals surface area contributed by atoms with Crippen molar-refractivity contribution in [1.82, 2.24) is 4.57 Å². The van der Waals surface area contributed by atoms with E-state index >= 15 is 0 Å². The van der Waals surface area contributed by atoms with E-state index in [9.17, 15) is 4.79 Å². The zero-order valence-electron chi connectivity index (χ0n) is 15.1. The van der Waals surface area contributed by atoms with Gasteiger partial charge >= 0.3 is 0 Å². The first kappa shape index (κ1) is 18.0. The number of hydrogen-bond donors (Lipinski definition) is 0. The van der Waals surface area contributed by atoms with Gasteiger partial charge in [-0.2, -0.15) is 4.99 Å². The molecule has 26 heavy (non-hydrogen) atoms. The third-order valence-electron chi connectivity index (χ3n) is 3.92. The van der Waals surface area contributed by atoms with Crippen LogP contribution in [-0.2, 0) is 7.05 Å². The number of nitrogens with zero attached hydrogens (tertiary/aromatic N) is 2. The number of amides is 1. The lowest BCUT2D eigenvalue weighted by atomic mass is 10.2. The van der Waals surface area contributed by atoms with Crippen LogP contribution in [0.4, 0.5) is 0 Å². The van der Waals surface area contributed by atoms with Crippen LogP contribution in [0.5, 0.6) is 17.2 Å². The third kappa shape index (κ3) is 3.30. The first-order chi connectivity index (χ1) is 12.6. The summed E-state index contributed by atoms with van der Waals surface area (Å²) in [6, 6.07) is 10.9. The van der Waals surface area contributed by atoms with Crippen LogP contribution >= 0.6 is 11.3 Å². The normalized spacial score (nSPS) is 11.6. The van der Waals surface area contributed by atoms with Crippen LogP contribution in [0.25, 0.3) is 10.2 Å². The molecule has 0 aliphatic heterocycles. The fourth-order valence-electron chi connectivity index (χ4n) is 2.68. The molecule has 0 aliphatic rings. The van der Waals surface area contributed by atoms with Crippen molar-refractivity contribution >= 4 is 27.5 Å². The van der Waals surface area contributed by atoms with E-state index in [1.807, 2.05) is 36.7 Å². The van der Waals surface area contributed by atoms with Crippen LogP contribution < -0.4 is 19.0 Å². The summed E-state index contributed by atoms with van der Waals surface area (Å²) < 4.78 is 19.1. The molecule has 0 aliphatic carbocycles. The van der Waals surface area contributed by atoms with Gasteiger partial charge in [-0.05, 0) is 37.3 Å². The van der Waals surface area contributed by atoms with E-state index in [0.29, 0.717) is 28.5 Å². The van der Waals surface area contributed by atoms with Crippen molar-refractivity contribution in [1.29, 1.82) is 0 Å². The highest BCUT2D eigenvalue weighted by Gasteiger charge is 2.15. The summed E-state index contributed by atoms with van der Waals surface area (Å²) in [4.78, 5) is 17.6. The van der Waals surface area contributed by atoms with Crippen molar-refractivity contribution in [2.45, 2.75) is 6.92 Å². The van der Waals surface area contributed by atoms with Crippen molar-refractivity contribution < 1.29 is 19.0 Å². The fourth-order valence-corrected chi connectivity index (χ4v) is 3.71. The van der Waals surface area contributed by atoms with Gasteiger partial charge in [0.15, 0.2) is 4.80 Å². The lowest BCUT2D eigenvalue weighted by molar-refractivity contribution is 0.0994. The maximum absolute atomic E-state index is 12.8. The number of aromatic nitrogens is 1. The maximum atomic E-state index is 12.8. The molecular weight excluding hydrogens is 352 g/mol. The van der Waals surface area contributed by atoms with Crippen molar-refractivity contribution in [3.05, 3.63) is 46.8 Å². The second-order valence-corrected chi connectivity index (χ2v) is 6.47. The maximum Gasteiger partial charge on any atom is 0.283 e. The summed E-state index contributed by atoms with van der Waals surface area (Å²) >= 11 is 1.43. The minimum absolute atomic E-state index is 0.356. The first-order valence-electron chi connectivity index (χ1n) is 8.11. The van der Waals surface area contributed by atoms with E-state index in [2.05, 4.69) is 4.99 Å². The number of carbonyl (C=O) groups excluding carboxylic acids is 1. The van der Waals surface area contributed by atoms with Gasteiger partial charge in [-0.15, -0.1) is 0 Å². The second-order valence-electron chi connectivity index (χ2n) is 5.46.